The average Bonchev–Trinajstić information content (AvgIpc) is 3.47. The fraction of sp³-hybridized carbons (Fsp3) is 0.280. The highest BCUT2D eigenvalue weighted by Gasteiger charge is 2.35. The summed E-state index contributed by atoms with van der Waals surface area (Å²) in [6.45, 7) is 1.50. The summed E-state index contributed by atoms with van der Waals surface area (Å²) in [6, 6.07) is 12.3. The van der Waals surface area contributed by atoms with E-state index in [0.717, 1.165) is 23.0 Å². The predicted molar refractivity (Wildman–Crippen MR) is 128 cm³/mol. The number of ether oxygens (including phenoxy) is 4. The summed E-state index contributed by atoms with van der Waals surface area (Å²) in [4.78, 5) is 17.0. The quantitative estimate of drug-likeness (QED) is 0.200. The molecule has 0 saturated heterocycles. The molecule has 7 nitrogen and oxygen atoms in total. The van der Waals surface area contributed by atoms with E-state index in [1.54, 1.807) is 17.0 Å². The number of benzene rings is 2. The molecule has 2 heterocycles. The third kappa shape index (κ3) is 4.95. The van der Waals surface area contributed by atoms with Crippen LogP contribution in [-0.2, 0) is 20.4 Å². The summed E-state index contributed by atoms with van der Waals surface area (Å²) in [5.74, 6) is -0.558. The molecule has 0 aliphatic carbocycles. The summed E-state index contributed by atoms with van der Waals surface area (Å²) in [5.41, 5.74) is 1.31. The van der Waals surface area contributed by atoms with Crippen LogP contribution in [0, 0.1) is 0 Å². The first kappa shape index (κ1) is 25.7. The molecule has 0 fully saturated rings. The number of carbonyl (C=O) groups excluding carboxylic acids is 1. The number of hydrogen-bond acceptors (Lipinski definition) is 7. The van der Waals surface area contributed by atoms with Gasteiger partial charge in [0, 0.05) is 31.4 Å². The molecule has 4 rings (SSSR count). The van der Waals surface area contributed by atoms with Crippen molar-refractivity contribution in [2.45, 2.75) is 25.5 Å². The summed E-state index contributed by atoms with van der Waals surface area (Å²) in [7, 11) is 4.28. The molecule has 0 bridgehead atoms. The molecule has 0 radical (unpaired) electrons. The third-order valence-electron chi connectivity index (χ3n) is 5.57. The molecule has 36 heavy (non-hydrogen) atoms. The van der Waals surface area contributed by atoms with E-state index in [2.05, 4.69) is 4.98 Å². The third-order valence-corrected chi connectivity index (χ3v) is 6.67. The number of nitrogens with zero attached hydrogens (tertiary/aromatic N) is 2. The first-order valence-electron chi connectivity index (χ1n) is 10.8. The summed E-state index contributed by atoms with van der Waals surface area (Å²) >= 11 is 1.08. The standard InChI is InChI=1S/C25H23F3N2O5S/c1-14(16-7-5-6-8-17(16)25(26,27)28)35-20-12-21(36-22(20)23(31)32-2)30-13-29-18-10-9-15(11-19(18)30)24(33-3)34-4/h5-14,24H,1-4H3/t14-/m1/s1. The lowest BCUT2D eigenvalue weighted by atomic mass is 10.0. The van der Waals surface area contributed by atoms with Crippen LogP contribution in [0.15, 0.2) is 54.9 Å². The van der Waals surface area contributed by atoms with Gasteiger partial charge in [-0.25, -0.2) is 9.78 Å². The minimum absolute atomic E-state index is 0.0449. The Balaban J connectivity index is 1.76. The zero-order valence-corrected chi connectivity index (χ0v) is 20.6. The predicted octanol–water partition coefficient (Wildman–Crippen LogP) is 6.32. The van der Waals surface area contributed by atoms with E-state index < -0.39 is 30.1 Å². The molecule has 11 heteroatoms. The SMILES string of the molecule is COC(=O)c1sc(-n2cnc3ccc(C(OC)OC)cc32)cc1O[C@H](C)c1ccccc1C(F)(F)F. The van der Waals surface area contributed by atoms with Gasteiger partial charge in [-0.05, 0) is 25.1 Å². The van der Waals surface area contributed by atoms with Crippen molar-refractivity contribution >= 4 is 28.3 Å². The number of carbonyl (C=O) groups is 1. The lowest BCUT2D eigenvalue weighted by Crippen LogP contribution is -2.14. The zero-order chi connectivity index (χ0) is 26.0. The Morgan fingerprint density at radius 3 is 2.44 bits per heavy atom. The first-order valence-corrected chi connectivity index (χ1v) is 11.6. The maximum atomic E-state index is 13.5. The van der Waals surface area contributed by atoms with E-state index in [1.165, 1.54) is 46.5 Å². The lowest BCUT2D eigenvalue weighted by Gasteiger charge is -2.19. The summed E-state index contributed by atoms with van der Waals surface area (Å²) in [5, 5.41) is 0.563. The van der Waals surface area contributed by atoms with Gasteiger partial charge in [0.1, 0.15) is 23.2 Å². The Morgan fingerprint density at radius 2 is 1.78 bits per heavy atom. The highest BCUT2D eigenvalue weighted by atomic mass is 32.1. The molecule has 2 aromatic carbocycles. The Bertz CT molecular complexity index is 1380. The largest absolute Gasteiger partial charge is 0.484 e. The maximum Gasteiger partial charge on any atom is 0.416 e. The van der Waals surface area contributed by atoms with Crippen LogP contribution in [0.5, 0.6) is 5.75 Å². The average molecular weight is 521 g/mol. The highest BCUT2D eigenvalue weighted by Crippen LogP contribution is 2.40. The smallest absolute Gasteiger partial charge is 0.416 e. The van der Waals surface area contributed by atoms with Gasteiger partial charge in [0.05, 0.1) is 23.7 Å². The first-order chi connectivity index (χ1) is 17.2. The van der Waals surface area contributed by atoms with Crippen LogP contribution in [0.3, 0.4) is 0 Å². The molecule has 0 aliphatic heterocycles. The highest BCUT2D eigenvalue weighted by molar-refractivity contribution is 7.16. The Kier molecular flexibility index (Phi) is 7.34. The van der Waals surface area contributed by atoms with Crippen molar-refractivity contribution in [1.29, 1.82) is 0 Å². The molecule has 0 spiro atoms. The van der Waals surface area contributed by atoms with E-state index in [9.17, 15) is 18.0 Å². The molecular weight excluding hydrogens is 497 g/mol. The Hall–Kier alpha value is -3.41. The number of hydrogen-bond donors (Lipinski definition) is 0. The van der Waals surface area contributed by atoms with Gasteiger partial charge < -0.3 is 18.9 Å². The molecule has 1 atom stereocenters. The van der Waals surface area contributed by atoms with Crippen molar-refractivity contribution < 1.29 is 36.9 Å². The molecule has 0 unspecified atom stereocenters. The number of rotatable bonds is 8. The van der Waals surface area contributed by atoms with E-state index in [4.69, 9.17) is 18.9 Å². The molecule has 190 valence electrons. The van der Waals surface area contributed by atoms with Gasteiger partial charge in [-0.2, -0.15) is 13.2 Å². The molecule has 0 N–H and O–H groups in total. The number of esters is 1. The van der Waals surface area contributed by atoms with Crippen molar-refractivity contribution in [2.75, 3.05) is 21.3 Å². The maximum absolute atomic E-state index is 13.5. The van der Waals surface area contributed by atoms with Crippen LogP contribution < -0.4 is 4.74 Å². The van der Waals surface area contributed by atoms with E-state index in [-0.39, 0.29) is 16.2 Å². The van der Waals surface area contributed by atoms with Crippen molar-refractivity contribution in [3.63, 3.8) is 0 Å². The molecule has 2 aromatic heterocycles. The monoisotopic (exact) mass is 520 g/mol. The second kappa shape index (κ2) is 10.3. The van der Waals surface area contributed by atoms with E-state index >= 15 is 0 Å². The minimum atomic E-state index is -4.55. The van der Waals surface area contributed by atoms with Gasteiger partial charge in [-0.15, -0.1) is 11.3 Å². The molecular formula is C25H23F3N2O5S. The van der Waals surface area contributed by atoms with Gasteiger partial charge in [-0.3, -0.25) is 4.57 Å². The summed E-state index contributed by atoms with van der Waals surface area (Å²) in [6.07, 6.45) is -4.54. The number of thiophene rings is 1. The van der Waals surface area contributed by atoms with Crippen molar-refractivity contribution in [3.8, 4) is 10.8 Å². The molecule has 0 saturated carbocycles. The number of fused-ring (bicyclic) bond motifs is 1. The van der Waals surface area contributed by atoms with Crippen LogP contribution in [0.25, 0.3) is 16.0 Å². The lowest BCUT2D eigenvalue weighted by molar-refractivity contribution is -0.139. The number of aromatic nitrogens is 2. The van der Waals surface area contributed by atoms with Crippen molar-refractivity contribution in [2.24, 2.45) is 0 Å². The zero-order valence-electron chi connectivity index (χ0n) is 19.8. The van der Waals surface area contributed by atoms with Crippen LogP contribution in [0.1, 0.15) is 45.7 Å². The van der Waals surface area contributed by atoms with Crippen molar-refractivity contribution in [3.05, 3.63) is 76.4 Å². The van der Waals surface area contributed by atoms with Gasteiger partial charge in [0.2, 0.25) is 0 Å². The number of methoxy groups -OCH3 is 3. The van der Waals surface area contributed by atoms with Crippen LogP contribution in [0.4, 0.5) is 13.2 Å². The Morgan fingerprint density at radius 1 is 1.06 bits per heavy atom. The van der Waals surface area contributed by atoms with E-state index in [0.29, 0.717) is 16.0 Å². The van der Waals surface area contributed by atoms with Crippen LogP contribution in [0.2, 0.25) is 0 Å². The molecule has 0 amide bonds. The van der Waals surface area contributed by atoms with E-state index in [1.807, 2.05) is 18.2 Å². The summed E-state index contributed by atoms with van der Waals surface area (Å²) < 4.78 is 63.8. The second-order valence-electron chi connectivity index (χ2n) is 7.78. The van der Waals surface area contributed by atoms with Crippen LogP contribution >= 0.6 is 11.3 Å². The normalized spacial score (nSPS) is 12.8. The molecule has 4 aromatic rings. The van der Waals surface area contributed by atoms with Gasteiger partial charge in [-0.1, -0.05) is 24.3 Å². The van der Waals surface area contributed by atoms with Gasteiger partial charge in [0.25, 0.3) is 0 Å². The molecule has 0 aliphatic rings. The van der Waals surface area contributed by atoms with Crippen molar-refractivity contribution in [1.82, 2.24) is 9.55 Å². The second-order valence-corrected chi connectivity index (χ2v) is 8.81. The number of halogens is 3. The topological polar surface area (TPSA) is 71.8 Å². The number of alkyl halides is 3. The fourth-order valence-corrected chi connectivity index (χ4v) is 4.88. The number of imidazole rings is 1. The minimum Gasteiger partial charge on any atom is -0.484 e. The Labute approximate surface area is 209 Å². The van der Waals surface area contributed by atoms with Crippen LogP contribution in [-0.4, -0.2) is 36.8 Å². The van der Waals surface area contributed by atoms with Gasteiger partial charge in [0.15, 0.2) is 11.2 Å². The fourth-order valence-electron chi connectivity index (χ4n) is 3.88. The van der Waals surface area contributed by atoms with Gasteiger partial charge >= 0.3 is 12.1 Å².